The number of phosphoric acid groups is 2. The molecule has 2 fully saturated rings. The SMILES string of the molecule is CCCCCCCCCCCC(=O)CC(=O)N[C@H]1[C@H](OCC2O[C@H](OP(=O)(O)O)[C@H](NC(=O)CC(=O)CCCCCCCCCCC)[C@@H](OCC[C@H](O)CCCCCCCCC)[C@@H]2O)O[C@H](COC)[C@@H](OP(=O)(O)O)[C@@H]1OCC[C@@H](CCCCCCCCC)OC(=O)CCCC=CC(C)CCCC. The van der Waals surface area contributed by atoms with Crippen LogP contribution in [0.5, 0.6) is 0 Å². The van der Waals surface area contributed by atoms with E-state index in [1.807, 2.05) is 0 Å². The number of hydrogen-bond acceptors (Lipinski definition) is 18. The maximum absolute atomic E-state index is 14.3. The van der Waals surface area contributed by atoms with Crippen LogP contribution in [0, 0.1) is 5.92 Å². The highest BCUT2D eigenvalue weighted by molar-refractivity contribution is 7.46. The summed E-state index contributed by atoms with van der Waals surface area (Å²) in [5.74, 6) is -2.42. The lowest BCUT2D eigenvalue weighted by molar-refractivity contribution is -0.301. The van der Waals surface area contributed by atoms with Crippen molar-refractivity contribution in [2.75, 3.05) is 33.5 Å². The third kappa shape index (κ3) is 48.5. The van der Waals surface area contributed by atoms with Gasteiger partial charge in [0.05, 0.1) is 38.8 Å². The zero-order valence-electron chi connectivity index (χ0n) is 64.6. The van der Waals surface area contributed by atoms with E-state index in [2.05, 4.69) is 64.3 Å². The number of carbonyl (C=O) groups is 5. The number of ether oxygens (including phenoxy) is 7. The molecule has 103 heavy (non-hydrogen) atoms. The number of aliphatic hydroxyl groups is 2. The van der Waals surface area contributed by atoms with Crippen LogP contribution >= 0.6 is 15.6 Å². The molecule has 0 aromatic carbocycles. The topological polar surface area (TPSA) is 348 Å². The standard InChI is InChI=1S/C77H144N2O22P2/c1-8-13-18-22-26-28-32-35-41-48-62(81)56-67(83)78-70-74(94-54-52-61(80)47-40-34-30-24-20-15-10-3)72(86)65(98-77(70)101-103(90,91)92)59-96-76-71(79-68(84)57-63(82)49-42-36-33-29-27-23-19-14-9-2)75(73(100-102(87,88)89)66(99-76)58-93-7)95-55-53-64(50-43-37-31-25-21-16-11-4)97-69(85)51-44-38-39-46-60(6)45-17-12-5/h39,46,60-61,64-66,70-77,80,86H,8-38,40-45,47-59H2,1-7H3,(H,78,83)(H,79,84)(H2,87,88,89)(H2,90,91,92)/t60?,61-,64-,65?,66-,70-,71-,72-,73-,74-,75-,76-,77-/m1/s1. The van der Waals surface area contributed by atoms with Gasteiger partial charge in [-0.2, -0.15) is 0 Å². The number of hydrogen-bond donors (Lipinski definition) is 8. The number of ketones is 2. The van der Waals surface area contributed by atoms with Crippen molar-refractivity contribution in [3.05, 3.63) is 12.2 Å². The van der Waals surface area contributed by atoms with E-state index in [1.54, 1.807) is 0 Å². The summed E-state index contributed by atoms with van der Waals surface area (Å²) in [4.78, 5) is 110. The lowest BCUT2D eigenvalue weighted by Crippen LogP contribution is -2.67. The molecule has 24 nitrogen and oxygen atoms in total. The Morgan fingerprint density at radius 3 is 1.39 bits per heavy atom. The Bertz CT molecular complexity index is 2310. The third-order valence-corrected chi connectivity index (χ3v) is 20.4. The number of methoxy groups -OCH3 is 1. The average molecular weight is 1510 g/mol. The molecule has 2 amide bonds. The molecule has 0 radical (unpaired) electrons. The van der Waals surface area contributed by atoms with Gasteiger partial charge in [0.2, 0.25) is 11.8 Å². The zero-order chi connectivity index (χ0) is 75.9. The molecule has 2 aliphatic rings. The van der Waals surface area contributed by atoms with E-state index in [9.17, 15) is 62.9 Å². The molecule has 0 bridgehead atoms. The van der Waals surface area contributed by atoms with Gasteiger partial charge in [-0.1, -0.05) is 253 Å². The molecular formula is C77H144N2O22P2. The highest BCUT2D eigenvalue weighted by Crippen LogP contribution is 2.44. The highest BCUT2D eigenvalue weighted by Gasteiger charge is 2.53. The number of aliphatic hydroxyl groups excluding tert-OH is 2. The average Bonchev–Trinajstić information content (AvgIpc) is 0.785. The second-order valence-electron chi connectivity index (χ2n) is 29.1. The minimum atomic E-state index is -5.52. The molecule has 8 N–H and O–H groups in total. The first kappa shape index (κ1) is 96.5. The molecule has 26 heteroatoms. The summed E-state index contributed by atoms with van der Waals surface area (Å²) in [6, 6.07) is -3.26. The molecule has 2 unspecified atom stereocenters. The Labute approximate surface area is 620 Å². The molecule has 0 aliphatic carbocycles. The van der Waals surface area contributed by atoms with Crippen LogP contribution < -0.4 is 10.6 Å². The number of allylic oxidation sites excluding steroid dienone is 2. The summed E-state index contributed by atoms with van der Waals surface area (Å²) in [5.41, 5.74) is 0. The second kappa shape index (κ2) is 60.2. The van der Waals surface area contributed by atoms with Gasteiger partial charge in [-0.3, -0.25) is 33.0 Å². The second-order valence-corrected chi connectivity index (χ2v) is 31.5. The number of unbranched alkanes of at least 4 members (excludes halogenated alkanes) is 30. The molecule has 2 aliphatic heterocycles. The van der Waals surface area contributed by atoms with Gasteiger partial charge < -0.3 is 73.6 Å². The van der Waals surface area contributed by atoms with Gasteiger partial charge >= 0.3 is 21.6 Å². The van der Waals surface area contributed by atoms with Crippen LogP contribution in [-0.2, 0) is 75.3 Å². The molecule has 2 heterocycles. The fourth-order valence-corrected chi connectivity index (χ4v) is 14.4. The van der Waals surface area contributed by atoms with Crippen LogP contribution in [0.2, 0.25) is 0 Å². The summed E-state index contributed by atoms with van der Waals surface area (Å²) in [6.45, 7) is 11.3. The third-order valence-electron chi connectivity index (χ3n) is 19.4. The molecule has 0 aromatic rings. The summed E-state index contributed by atoms with van der Waals surface area (Å²) >= 11 is 0. The van der Waals surface area contributed by atoms with E-state index in [0.29, 0.717) is 44.4 Å². The molecule has 2 saturated heterocycles. The number of amides is 2. The molecule has 0 saturated carbocycles. The summed E-state index contributed by atoms with van der Waals surface area (Å²) in [7, 11) is -9.66. The van der Waals surface area contributed by atoms with Crippen molar-refractivity contribution < 1.29 is 105 Å². The van der Waals surface area contributed by atoms with Crippen LogP contribution in [0.1, 0.15) is 337 Å². The molecule has 0 spiro atoms. The maximum atomic E-state index is 14.3. The van der Waals surface area contributed by atoms with E-state index in [1.165, 1.54) is 32.8 Å². The lowest BCUT2D eigenvalue weighted by atomic mass is 9.95. The van der Waals surface area contributed by atoms with Crippen molar-refractivity contribution in [1.82, 2.24) is 10.6 Å². The largest absolute Gasteiger partial charge is 0.472 e. The molecule has 13 atom stereocenters. The Balaban J connectivity index is 2.66. The van der Waals surface area contributed by atoms with Crippen molar-refractivity contribution in [1.29, 1.82) is 0 Å². The fourth-order valence-electron chi connectivity index (χ4n) is 13.4. The monoisotopic (exact) mass is 1510 g/mol. The number of Topliss-reactive ketones (excluding diaryl/α,β-unsaturated/α-hetero) is 2. The smallest absolute Gasteiger partial charge is 0.462 e. The van der Waals surface area contributed by atoms with E-state index in [-0.39, 0.29) is 56.9 Å². The molecule has 0 aromatic heterocycles. The van der Waals surface area contributed by atoms with Crippen LogP contribution in [0.3, 0.4) is 0 Å². The summed E-state index contributed by atoms with van der Waals surface area (Å²) in [5, 5.41) is 28.9. The van der Waals surface area contributed by atoms with Crippen molar-refractivity contribution in [3.63, 3.8) is 0 Å². The van der Waals surface area contributed by atoms with Gasteiger partial charge in [-0.05, 0) is 63.7 Å². The van der Waals surface area contributed by atoms with Crippen LogP contribution in [0.4, 0.5) is 0 Å². The Morgan fingerprint density at radius 2 is 0.903 bits per heavy atom. The predicted molar refractivity (Wildman–Crippen MR) is 400 cm³/mol. The quantitative estimate of drug-likeness (QED) is 0.00922. The van der Waals surface area contributed by atoms with Crippen molar-refractivity contribution in [3.8, 4) is 0 Å². The normalized spacial score (nSPS) is 21.9. The van der Waals surface area contributed by atoms with Gasteiger partial charge in [0, 0.05) is 39.4 Å². The highest BCUT2D eigenvalue weighted by atomic mass is 31.2. The summed E-state index contributed by atoms with van der Waals surface area (Å²) < 4.78 is 80.1. The Kier molecular flexibility index (Phi) is 56.4. The number of rotatable bonds is 68. The molecule has 2 rings (SSSR count). The fraction of sp³-hybridized carbons (Fsp3) is 0.909. The zero-order valence-corrected chi connectivity index (χ0v) is 66.4. The van der Waals surface area contributed by atoms with Gasteiger partial charge in [-0.25, -0.2) is 9.13 Å². The van der Waals surface area contributed by atoms with E-state index < -0.39 is 133 Å². The first-order valence-electron chi connectivity index (χ1n) is 40.5. The molecular weight excluding hydrogens is 1370 g/mol. The minimum Gasteiger partial charge on any atom is -0.462 e. The minimum absolute atomic E-state index is 0.0565. The van der Waals surface area contributed by atoms with Crippen LogP contribution in [-0.4, -0.2) is 166 Å². The van der Waals surface area contributed by atoms with Gasteiger partial charge in [0.1, 0.15) is 66.4 Å². The predicted octanol–water partition coefficient (Wildman–Crippen LogP) is 15.4. The number of esters is 1. The Hall–Kier alpha value is -2.61. The van der Waals surface area contributed by atoms with Gasteiger partial charge in [-0.15, -0.1) is 0 Å². The summed E-state index contributed by atoms with van der Waals surface area (Å²) in [6.07, 6.45) is 26.3. The van der Waals surface area contributed by atoms with Gasteiger partial charge in [0.25, 0.3) is 0 Å². The van der Waals surface area contributed by atoms with E-state index >= 15 is 0 Å². The van der Waals surface area contributed by atoms with Crippen molar-refractivity contribution in [2.24, 2.45) is 5.92 Å². The van der Waals surface area contributed by atoms with Gasteiger partial charge in [0.15, 0.2) is 12.6 Å². The Morgan fingerprint density at radius 1 is 0.466 bits per heavy atom. The van der Waals surface area contributed by atoms with Crippen molar-refractivity contribution in [2.45, 2.75) is 410 Å². The molecule has 604 valence electrons. The maximum Gasteiger partial charge on any atom is 0.472 e. The lowest BCUT2D eigenvalue weighted by Gasteiger charge is -2.47. The number of nitrogens with one attached hydrogen (secondary N) is 2. The van der Waals surface area contributed by atoms with Crippen LogP contribution in [0.15, 0.2) is 12.2 Å². The first-order valence-corrected chi connectivity index (χ1v) is 43.5. The number of carbonyl (C=O) groups excluding carboxylic acids is 5. The first-order chi connectivity index (χ1) is 49.5. The number of phosphoric ester groups is 2. The van der Waals surface area contributed by atoms with Crippen LogP contribution in [0.25, 0.3) is 0 Å². The van der Waals surface area contributed by atoms with E-state index in [0.717, 1.165) is 186 Å². The van der Waals surface area contributed by atoms with Crippen molar-refractivity contribution >= 4 is 45.0 Å². The van der Waals surface area contributed by atoms with E-state index in [4.69, 9.17) is 42.2 Å².